The van der Waals surface area contributed by atoms with Crippen molar-refractivity contribution >= 4 is 5.97 Å². The lowest BCUT2D eigenvalue weighted by Gasteiger charge is -2.57. The highest BCUT2D eigenvalue weighted by Crippen LogP contribution is 2.58. The summed E-state index contributed by atoms with van der Waals surface area (Å²) >= 11 is 0. The van der Waals surface area contributed by atoms with Gasteiger partial charge < -0.3 is 14.9 Å². The van der Waals surface area contributed by atoms with E-state index in [-0.39, 0.29) is 35.2 Å². The molecular formula is C15H24O4. The average Bonchev–Trinajstić information content (AvgIpc) is 2.60. The summed E-state index contributed by atoms with van der Waals surface area (Å²) in [6, 6.07) is 0. The maximum Gasteiger partial charge on any atom is 0.309 e. The van der Waals surface area contributed by atoms with E-state index in [0.29, 0.717) is 12.8 Å². The van der Waals surface area contributed by atoms with E-state index < -0.39 is 11.7 Å². The monoisotopic (exact) mass is 268 g/mol. The largest absolute Gasteiger partial charge is 0.461 e. The number of carbonyl (C=O) groups is 1. The Morgan fingerprint density at radius 3 is 2.63 bits per heavy atom. The lowest BCUT2D eigenvalue weighted by atomic mass is 9.51. The molecule has 2 aliphatic carbocycles. The van der Waals surface area contributed by atoms with E-state index in [1.165, 1.54) is 0 Å². The van der Waals surface area contributed by atoms with Gasteiger partial charge in [-0.15, -0.1) is 0 Å². The summed E-state index contributed by atoms with van der Waals surface area (Å²) in [6.45, 7) is 5.80. The van der Waals surface area contributed by atoms with Crippen molar-refractivity contribution < 1.29 is 19.7 Å². The van der Waals surface area contributed by atoms with Crippen LogP contribution < -0.4 is 0 Å². The molecule has 3 rings (SSSR count). The molecule has 0 bridgehead atoms. The second-order valence-corrected chi connectivity index (χ2v) is 7.29. The Balaban J connectivity index is 2.01. The van der Waals surface area contributed by atoms with Crippen LogP contribution in [0.15, 0.2) is 0 Å². The van der Waals surface area contributed by atoms with Crippen LogP contribution in [-0.4, -0.2) is 34.0 Å². The van der Waals surface area contributed by atoms with Crippen molar-refractivity contribution in [1.29, 1.82) is 0 Å². The summed E-state index contributed by atoms with van der Waals surface area (Å²) < 4.78 is 5.59. The topological polar surface area (TPSA) is 66.8 Å². The molecule has 4 heteroatoms. The van der Waals surface area contributed by atoms with Crippen molar-refractivity contribution in [3.63, 3.8) is 0 Å². The van der Waals surface area contributed by atoms with Crippen molar-refractivity contribution in [1.82, 2.24) is 0 Å². The van der Waals surface area contributed by atoms with Gasteiger partial charge in [-0.25, -0.2) is 0 Å². The molecule has 0 unspecified atom stereocenters. The van der Waals surface area contributed by atoms with Crippen molar-refractivity contribution in [3.05, 3.63) is 0 Å². The zero-order chi connectivity index (χ0) is 14.0. The van der Waals surface area contributed by atoms with E-state index in [0.717, 1.165) is 12.8 Å². The van der Waals surface area contributed by atoms with Crippen LogP contribution in [-0.2, 0) is 9.53 Å². The molecular weight excluding hydrogens is 244 g/mol. The zero-order valence-corrected chi connectivity index (χ0v) is 11.9. The van der Waals surface area contributed by atoms with Gasteiger partial charge in [-0.3, -0.25) is 4.79 Å². The Bertz CT molecular complexity index is 405. The van der Waals surface area contributed by atoms with Gasteiger partial charge in [0.05, 0.1) is 17.6 Å². The maximum atomic E-state index is 11.8. The first-order valence-corrected chi connectivity index (χ1v) is 7.38. The first-order chi connectivity index (χ1) is 8.77. The third-order valence-corrected chi connectivity index (χ3v) is 6.10. The number of aliphatic hydroxyl groups excluding tert-OH is 1. The van der Waals surface area contributed by atoms with Crippen LogP contribution in [0.2, 0.25) is 0 Å². The van der Waals surface area contributed by atoms with Crippen molar-refractivity contribution in [3.8, 4) is 0 Å². The molecule has 1 heterocycles. The molecule has 3 aliphatic rings. The van der Waals surface area contributed by atoms with Crippen molar-refractivity contribution in [2.45, 2.75) is 64.3 Å². The van der Waals surface area contributed by atoms with Gasteiger partial charge in [0, 0.05) is 17.3 Å². The summed E-state index contributed by atoms with van der Waals surface area (Å²) in [5.41, 5.74) is -1.20. The predicted octanol–water partition coefficient (Wildman–Crippen LogP) is 1.49. The molecule has 4 nitrogen and oxygen atoms in total. The fraction of sp³-hybridized carbons (Fsp3) is 0.933. The highest BCUT2D eigenvalue weighted by Gasteiger charge is 2.63. The van der Waals surface area contributed by atoms with Crippen LogP contribution in [0.3, 0.4) is 0 Å². The molecule has 2 N–H and O–H groups in total. The summed E-state index contributed by atoms with van der Waals surface area (Å²) in [7, 11) is 0. The molecule has 7 atom stereocenters. The van der Waals surface area contributed by atoms with Crippen LogP contribution in [0.1, 0.15) is 46.5 Å². The fourth-order valence-electron chi connectivity index (χ4n) is 4.88. The van der Waals surface area contributed by atoms with Gasteiger partial charge in [0.15, 0.2) is 0 Å². The van der Waals surface area contributed by atoms with Crippen LogP contribution in [0.4, 0.5) is 0 Å². The number of hydrogen-bond donors (Lipinski definition) is 2. The Morgan fingerprint density at radius 2 is 1.95 bits per heavy atom. The number of ether oxygens (including phenoxy) is 1. The Labute approximate surface area is 114 Å². The summed E-state index contributed by atoms with van der Waals surface area (Å²) in [6.07, 6.45) is 2.32. The zero-order valence-electron chi connectivity index (χ0n) is 11.9. The van der Waals surface area contributed by atoms with E-state index in [4.69, 9.17) is 4.74 Å². The van der Waals surface area contributed by atoms with Gasteiger partial charge in [0.2, 0.25) is 0 Å². The molecule has 0 aromatic carbocycles. The molecule has 0 radical (unpaired) electrons. The maximum absolute atomic E-state index is 11.8. The minimum absolute atomic E-state index is 0.0792. The molecule has 0 aromatic rings. The Morgan fingerprint density at radius 1 is 1.26 bits per heavy atom. The van der Waals surface area contributed by atoms with Gasteiger partial charge in [-0.05, 0) is 32.6 Å². The minimum atomic E-state index is -0.859. The second-order valence-electron chi connectivity index (χ2n) is 7.29. The molecule has 19 heavy (non-hydrogen) atoms. The molecule has 0 aromatic heterocycles. The number of aliphatic hydroxyl groups is 2. The fourth-order valence-corrected chi connectivity index (χ4v) is 4.88. The predicted molar refractivity (Wildman–Crippen MR) is 69.2 cm³/mol. The Kier molecular flexibility index (Phi) is 2.78. The van der Waals surface area contributed by atoms with E-state index in [1.54, 1.807) is 0 Å². The highest BCUT2D eigenvalue weighted by molar-refractivity contribution is 5.75. The molecule has 0 spiro atoms. The van der Waals surface area contributed by atoms with Crippen molar-refractivity contribution in [2.75, 3.05) is 0 Å². The van der Waals surface area contributed by atoms with Crippen LogP contribution in [0.25, 0.3) is 0 Å². The summed E-state index contributed by atoms with van der Waals surface area (Å²) in [4.78, 5) is 11.8. The molecule has 1 saturated heterocycles. The van der Waals surface area contributed by atoms with Gasteiger partial charge in [-0.1, -0.05) is 13.8 Å². The number of rotatable bonds is 0. The average molecular weight is 268 g/mol. The van der Waals surface area contributed by atoms with E-state index in [9.17, 15) is 15.0 Å². The quantitative estimate of drug-likeness (QED) is 0.653. The number of fused-ring (bicyclic) bond motifs is 3. The first kappa shape index (κ1) is 13.4. The van der Waals surface area contributed by atoms with Gasteiger partial charge in [0.25, 0.3) is 0 Å². The van der Waals surface area contributed by atoms with E-state index in [2.05, 4.69) is 0 Å². The van der Waals surface area contributed by atoms with Gasteiger partial charge in [0.1, 0.15) is 6.10 Å². The highest BCUT2D eigenvalue weighted by atomic mass is 16.6. The lowest BCUT2D eigenvalue weighted by Crippen LogP contribution is -2.62. The molecule has 1 aliphatic heterocycles. The normalized spacial score (nSPS) is 57.3. The van der Waals surface area contributed by atoms with Crippen molar-refractivity contribution in [2.24, 2.45) is 23.2 Å². The second kappa shape index (κ2) is 3.95. The molecule has 0 amide bonds. The number of carbonyl (C=O) groups excluding carboxylic acids is 1. The van der Waals surface area contributed by atoms with Crippen LogP contribution in [0, 0.1) is 23.2 Å². The molecule has 2 saturated carbocycles. The van der Waals surface area contributed by atoms with E-state index in [1.807, 2.05) is 20.8 Å². The molecule has 3 fully saturated rings. The third-order valence-electron chi connectivity index (χ3n) is 6.10. The minimum Gasteiger partial charge on any atom is -0.461 e. The summed E-state index contributed by atoms with van der Waals surface area (Å²) in [5, 5.41) is 21.2. The Hall–Kier alpha value is -0.610. The lowest BCUT2D eigenvalue weighted by molar-refractivity contribution is -0.212. The SMILES string of the molecule is C[C@@H]1C(=O)O[C@H]2[C@H]1CC[C@]1(C)[C@@H]2[C@](C)(O)CC[C@@H]1O. The number of esters is 1. The van der Waals surface area contributed by atoms with Crippen LogP contribution >= 0.6 is 0 Å². The van der Waals surface area contributed by atoms with Gasteiger partial charge >= 0.3 is 5.97 Å². The number of hydrogen-bond acceptors (Lipinski definition) is 4. The first-order valence-electron chi connectivity index (χ1n) is 7.38. The third kappa shape index (κ3) is 1.69. The van der Waals surface area contributed by atoms with E-state index >= 15 is 0 Å². The van der Waals surface area contributed by atoms with Gasteiger partial charge in [-0.2, -0.15) is 0 Å². The van der Waals surface area contributed by atoms with Crippen LogP contribution in [0.5, 0.6) is 0 Å². The molecule has 108 valence electrons. The standard InChI is InChI=1S/C15H24O4/c1-8-9-4-6-14(2)10(16)5-7-15(3,18)12(14)11(9)19-13(8)17/h8-12,16,18H,4-7H2,1-3H3/t8-,9-,10-,11-,12+,14-,15+/m0/s1. The smallest absolute Gasteiger partial charge is 0.309 e. The summed E-state index contributed by atoms with van der Waals surface area (Å²) in [5.74, 6) is -0.182.